The zero-order valence-electron chi connectivity index (χ0n) is 14.2. The number of nitrogens with one attached hydrogen (secondary N) is 2. The van der Waals surface area contributed by atoms with E-state index in [9.17, 15) is 8.42 Å². The fourth-order valence-electron chi connectivity index (χ4n) is 2.01. The highest BCUT2D eigenvalue weighted by Gasteiger charge is 2.02. The summed E-state index contributed by atoms with van der Waals surface area (Å²) >= 11 is 11.8. The number of anilines is 1. The second-order valence-corrected chi connectivity index (χ2v) is 7.98. The van der Waals surface area contributed by atoms with Crippen LogP contribution in [0.1, 0.15) is 0 Å². The van der Waals surface area contributed by atoms with Crippen LogP contribution < -0.4 is 19.5 Å². The van der Waals surface area contributed by atoms with Gasteiger partial charge in [0.25, 0.3) is 0 Å². The third-order valence-electron chi connectivity index (χ3n) is 3.14. The minimum absolute atomic E-state index is 0.461. The molecule has 142 valence electrons. The lowest BCUT2D eigenvalue weighted by Gasteiger charge is -2.10. The molecule has 0 amide bonds. The second kappa shape index (κ2) is 9.87. The lowest BCUT2D eigenvalue weighted by Crippen LogP contribution is -2.25. The molecule has 2 aromatic rings. The molecule has 0 aliphatic heterocycles. The van der Waals surface area contributed by atoms with Crippen LogP contribution in [0.25, 0.3) is 0 Å². The Morgan fingerprint density at radius 2 is 1.46 bits per heavy atom. The van der Waals surface area contributed by atoms with Gasteiger partial charge in [0, 0.05) is 24.8 Å². The zero-order chi connectivity index (χ0) is 19.0. The number of sulfonamides is 1. The smallest absolute Gasteiger partial charge is 0.229 e. The van der Waals surface area contributed by atoms with Crippen molar-refractivity contribution < 1.29 is 17.9 Å². The number of rotatable bonds is 10. The van der Waals surface area contributed by atoms with Crippen LogP contribution in [-0.4, -0.2) is 41.0 Å². The summed E-state index contributed by atoms with van der Waals surface area (Å²) < 4.78 is 35.8. The van der Waals surface area contributed by atoms with E-state index in [1.54, 1.807) is 42.5 Å². The quantitative estimate of drug-likeness (QED) is 0.578. The molecule has 0 aromatic heterocycles. The fourth-order valence-corrected chi connectivity index (χ4v) is 2.86. The van der Waals surface area contributed by atoms with E-state index in [-0.39, 0.29) is 0 Å². The molecular formula is C17H20Cl2N2O4S. The van der Waals surface area contributed by atoms with Gasteiger partial charge in [-0.05, 0) is 36.4 Å². The summed E-state index contributed by atoms with van der Waals surface area (Å²) in [6.07, 6.45) is 1.11. The van der Waals surface area contributed by atoms with Crippen LogP contribution in [0.5, 0.6) is 11.5 Å². The average molecular weight is 419 g/mol. The Kier molecular flexibility index (Phi) is 7.84. The molecule has 0 spiro atoms. The van der Waals surface area contributed by atoms with Crippen molar-refractivity contribution in [2.75, 3.05) is 37.3 Å². The second-order valence-electron chi connectivity index (χ2n) is 5.42. The maximum Gasteiger partial charge on any atom is 0.229 e. The minimum atomic E-state index is -3.27. The number of hydrogen-bond acceptors (Lipinski definition) is 5. The summed E-state index contributed by atoms with van der Waals surface area (Å²) in [5, 5.41) is 4.15. The number of benzene rings is 2. The topological polar surface area (TPSA) is 76.7 Å². The van der Waals surface area contributed by atoms with E-state index in [1.807, 2.05) is 0 Å². The van der Waals surface area contributed by atoms with Gasteiger partial charge >= 0.3 is 0 Å². The predicted octanol–water partition coefficient (Wildman–Crippen LogP) is 3.41. The Hall–Kier alpha value is -1.67. The lowest BCUT2D eigenvalue weighted by molar-refractivity contribution is 0.289. The highest BCUT2D eigenvalue weighted by atomic mass is 35.5. The first kappa shape index (κ1) is 20.6. The van der Waals surface area contributed by atoms with Crippen LogP contribution in [0.15, 0.2) is 42.5 Å². The van der Waals surface area contributed by atoms with Gasteiger partial charge in [-0.15, -0.1) is 0 Å². The van der Waals surface area contributed by atoms with Crippen molar-refractivity contribution in [3.63, 3.8) is 0 Å². The molecule has 2 rings (SSSR count). The lowest BCUT2D eigenvalue weighted by atomic mass is 10.3. The molecular weight excluding hydrogens is 399 g/mol. The first-order valence-corrected chi connectivity index (χ1v) is 10.5. The first-order chi connectivity index (χ1) is 12.3. The molecule has 0 atom stereocenters. The minimum Gasteiger partial charge on any atom is -0.492 e. The van der Waals surface area contributed by atoms with Crippen molar-refractivity contribution >= 4 is 38.9 Å². The molecule has 0 aliphatic carbocycles. The third kappa shape index (κ3) is 7.70. The molecule has 26 heavy (non-hydrogen) atoms. The van der Waals surface area contributed by atoms with Crippen LogP contribution in [0.2, 0.25) is 10.0 Å². The molecule has 0 fully saturated rings. The van der Waals surface area contributed by atoms with Crippen molar-refractivity contribution in [2.24, 2.45) is 0 Å². The Morgan fingerprint density at radius 1 is 0.885 bits per heavy atom. The molecule has 0 heterocycles. The van der Waals surface area contributed by atoms with Gasteiger partial charge in [-0.1, -0.05) is 23.2 Å². The summed E-state index contributed by atoms with van der Waals surface area (Å²) in [4.78, 5) is 0. The van der Waals surface area contributed by atoms with Gasteiger partial charge in [-0.3, -0.25) is 4.72 Å². The van der Waals surface area contributed by atoms with E-state index in [0.29, 0.717) is 53.5 Å². The van der Waals surface area contributed by atoms with E-state index in [1.165, 1.54) is 0 Å². The van der Waals surface area contributed by atoms with Gasteiger partial charge in [0.15, 0.2) is 0 Å². The van der Waals surface area contributed by atoms with Crippen molar-refractivity contribution in [2.45, 2.75) is 0 Å². The summed E-state index contributed by atoms with van der Waals surface area (Å²) in [6, 6.07) is 11.8. The van der Waals surface area contributed by atoms with Crippen molar-refractivity contribution in [3.8, 4) is 11.5 Å². The largest absolute Gasteiger partial charge is 0.492 e. The fraction of sp³-hybridized carbons (Fsp3) is 0.294. The monoisotopic (exact) mass is 418 g/mol. The SMILES string of the molecule is CS(=O)(=O)Nc1ccc(OCCNCCOc2ccc(Cl)c(Cl)c2)cc1. The van der Waals surface area contributed by atoms with E-state index in [0.717, 1.165) is 6.26 Å². The highest BCUT2D eigenvalue weighted by molar-refractivity contribution is 7.92. The maximum absolute atomic E-state index is 11.1. The number of ether oxygens (including phenoxy) is 2. The van der Waals surface area contributed by atoms with Gasteiger partial charge in [-0.2, -0.15) is 0 Å². The van der Waals surface area contributed by atoms with Gasteiger partial charge in [0.05, 0.1) is 16.3 Å². The molecule has 9 heteroatoms. The van der Waals surface area contributed by atoms with Crippen molar-refractivity contribution in [1.29, 1.82) is 0 Å². The third-order valence-corrected chi connectivity index (χ3v) is 4.49. The molecule has 0 bridgehead atoms. The Balaban J connectivity index is 1.59. The number of hydrogen-bond donors (Lipinski definition) is 2. The first-order valence-electron chi connectivity index (χ1n) is 7.83. The van der Waals surface area contributed by atoms with Crippen LogP contribution in [0.3, 0.4) is 0 Å². The van der Waals surface area contributed by atoms with Crippen LogP contribution >= 0.6 is 23.2 Å². The van der Waals surface area contributed by atoms with Gasteiger partial charge < -0.3 is 14.8 Å². The highest BCUT2D eigenvalue weighted by Crippen LogP contribution is 2.26. The predicted molar refractivity (Wildman–Crippen MR) is 105 cm³/mol. The maximum atomic E-state index is 11.1. The molecule has 6 nitrogen and oxygen atoms in total. The molecule has 0 unspecified atom stereocenters. The molecule has 2 N–H and O–H groups in total. The van der Waals surface area contributed by atoms with Gasteiger partial charge in [0.2, 0.25) is 10.0 Å². The summed E-state index contributed by atoms with van der Waals surface area (Å²) in [5.41, 5.74) is 0.498. The van der Waals surface area contributed by atoms with Crippen LogP contribution in [0.4, 0.5) is 5.69 Å². The van der Waals surface area contributed by atoms with E-state index >= 15 is 0 Å². The average Bonchev–Trinajstić information content (AvgIpc) is 2.57. The molecule has 0 saturated heterocycles. The zero-order valence-corrected chi connectivity index (χ0v) is 16.5. The molecule has 0 radical (unpaired) electrons. The van der Waals surface area contributed by atoms with Gasteiger partial charge in [0.1, 0.15) is 24.7 Å². The van der Waals surface area contributed by atoms with E-state index in [2.05, 4.69) is 10.0 Å². The number of halogens is 2. The normalized spacial score (nSPS) is 11.2. The van der Waals surface area contributed by atoms with Crippen molar-refractivity contribution in [1.82, 2.24) is 5.32 Å². The van der Waals surface area contributed by atoms with E-state index < -0.39 is 10.0 Å². The standard InChI is InChI=1S/C17H20Cl2N2O4S/c1-26(22,23)21-13-2-4-14(5-3-13)24-10-8-20-9-11-25-15-6-7-16(18)17(19)12-15/h2-7,12,20-21H,8-11H2,1H3. The Labute approximate surface area is 163 Å². The molecule has 0 aliphatic rings. The molecule has 0 saturated carbocycles. The Morgan fingerprint density at radius 3 is 2.04 bits per heavy atom. The van der Waals surface area contributed by atoms with Crippen LogP contribution in [0, 0.1) is 0 Å². The van der Waals surface area contributed by atoms with Gasteiger partial charge in [-0.25, -0.2) is 8.42 Å². The van der Waals surface area contributed by atoms with E-state index in [4.69, 9.17) is 32.7 Å². The summed E-state index contributed by atoms with van der Waals surface area (Å²) in [7, 11) is -3.27. The molecule has 2 aromatic carbocycles. The Bertz CT molecular complexity index is 814. The van der Waals surface area contributed by atoms with Crippen molar-refractivity contribution in [3.05, 3.63) is 52.5 Å². The van der Waals surface area contributed by atoms with Crippen LogP contribution in [-0.2, 0) is 10.0 Å². The summed E-state index contributed by atoms with van der Waals surface area (Å²) in [6.45, 7) is 2.27. The summed E-state index contributed by atoms with van der Waals surface area (Å²) in [5.74, 6) is 1.33.